The minimum atomic E-state index is -0.405. The third-order valence-corrected chi connectivity index (χ3v) is 5.73. The van der Waals surface area contributed by atoms with Crippen molar-refractivity contribution in [2.24, 2.45) is 17.8 Å². The van der Waals surface area contributed by atoms with Crippen LogP contribution in [0.4, 0.5) is 0 Å². The fraction of sp³-hybridized carbons (Fsp3) is 0.895. The van der Waals surface area contributed by atoms with Gasteiger partial charge in [0, 0.05) is 25.2 Å². The number of aliphatic hydroxyl groups excluding tert-OH is 1. The lowest BCUT2D eigenvalue weighted by atomic mass is 9.72. The lowest BCUT2D eigenvalue weighted by molar-refractivity contribution is -0.341. The molecule has 2 aliphatic heterocycles. The highest BCUT2D eigenvalue weighted by molar-refractivity contribution is 4.94. The van der Waals surface area contributed by atoms with E-state index in [4.69, 9.17) is 14.2 Å². The van der Waals surface area contributed by atoms with E-state index in [1.165, 1.54) is 12.8 Å². The highest BCUT2D eigenvalue weighted by atomic mass is 16.7. The number of aliphatic hydroxyl groups is 1. The number of hydrogen-bond acceptors (Lipinski definition) is 4. The van der Waals surface area contributed by atoms with Crippen molar-refractivity contribution >= 4 is 0 Å². The SMILES string of the molecule is CC(C)[C@@H]1CC[C@@H](C)CC12OCC[C@@H](C[C@H]1CC(O)C=CO1)O2. The summed E-state index contributed by atoms with van der Waals surface area (Å²) < 4.78 is 18.5. The van der Waals surface area contributed by atoms with Crippen LogP contribution in [0.25, 0.3) is 0 Å². The molecule has 132 valence electrons. The van der Waals surface area contributed by atoms with E-state index in [2.05, 4.69) is 20.8 Å². The molecule has 3 aliphatic rings. The molecule has 1 saturated heterocycles. The molecule has 4 nitrogen and oxygen atoms in total. The van der Waals surface area contributed by atoms with Gasteiger partial charge in [-0.05, 0) is 30.8 Å². The largest absolute Gasteiger partial charge is 0.498 e. The van der Waals surface area contributed by atoms with Crippen molar-refractivity contribution in [3.05, 3.63) is 12.3 Å². The van der Waals surface area contributed by atoms with Gasteiger partial charge >= 0.3 is 0 Å². The van der Waals surface area contributed by atoms with Gasteiger partial charge < -0.3 is 19.3 Å². The Bertz CT molecular complexity index is 422. The molecule has 23 heavy (non-hydrogen) atoms. The number of rotatable bonds is 3. The van der Waals surface area contributed by atoms with Crippen LogP contribution in [0.15, 0.2) is 12.3 Å². The van der Waals surface area contributed by atoms with E-state index in [0.29, 0.717) is 24.2 Å². The molecule has 3 rings (SSSR count). The Hall–Kier alpha value is -0.580. The zero-order chi connectivity index (χ0) is 16.4. The van der Waals surface area contributed by atoms with Gasteiger partial charge in [0.15, 0.2) is 5.79 Å². The first kappa shape index (κ1) is 17.2. The maximum Gasteiger partial charge on any atom is 0.171 e. The first-order valence-electron chi connectivity index (χ1n) is 9.30. The van der Waals surface area contributed by atoms with E-state index < -0.39 is 5.79 Å². The summed E-state index contributed by atoms with van der Waals surface area (Å²) in [5, 5.41) is 9.77. The van der Waals surface area contributed by atoms with E-state index in [9.17, 15) is 5.11 Å². The molecule has 0 aromatic carbocycles. The highest BCUT2D eigenvalue weighted by Gasteiger charge is 2.49. The standard InChI is InChI=1S/C19H32O4/c1-13(2)18-5-4-14(3)12-19(18)22-9-7-16(23-19)11-17-10-15(20)6-8-21-17/h6,8,13-18,20H,4-5,7,9-12H2,1-3H3/t14-,15?,16+,17-,18+,19?/m1/s1. The summed E-state index contributed by atoms with van der Waals surface area (Å²) in [5.74, 6) is 1.29. The van der Waals surface area contributed by atoms with Gasteiger partial charge in [0.25, 0.3) is 0 Å². The first-order chi connectivity index (χ1) is 11.0. The van der Waals surface area contributed by atoms with Gasteiger partial charge in [-0.25, -0.2) is 0 Å². The lowest BCUT2D eigenvalue weighted by Crippen LogP contribution is -2.55. The van der Waals surface area contributed by atoms with Crippen LogP contribution in [-0.4, -0.2) is 35.8 Å². The summed E-state index contributed by atoms with van der Waals surface area (Å²) in [6.07, 6.45) is 9.04. The molecule has 1 spiro atoms. The summed E-state index contributed by atoms with van der Waals surface area (Å²) in [6.45, 7) is 7.64. The Balaban J connectivity index is 1.67. The molecular weight excluding hydrogens is 292 g/mol. The van der Waals surface area contributed by atoms with Crippen LogP contribution in [0.1, 0.15) is 59.3 Å². The molecule has 0 aromatic rings. The minimum Gasteiger partial charge on any atom is -0.498 e. The predicted octanol–water partition coefficient (Wildman–Crippen LogP) is 3.63. The summed E-state index contributed by atoms with van der Waals surface area (Å²) in [4.78, 5) is 0. The van der Waals surface area contributed by atoms with Crippen molar-refractivity contribution in [1.82, 2.24) is 0 Å². The van der Waals surface area contributed by atoms with E-state index >= 15 is 0 Å². The third-order valence-electron chi connectivity index (χ3n) is 5.73. The second kappa shape index (κ2) is 7.12. The fourth-order valence-electron chi connectivity index (χ4n) is 4.57. The summed E-state index contributed by atoms with van der Waals surface area (Å²) >= 11 is 0. The van der Waals surface area contributed by atoms with Gasteiger partial charge in [0.2, 0.25) is 0 Å². The Morgan fingerprint density at radius 3 is 2.78 bits per heavy atom. The Kier molecular flexibility index (Phi) is 5.34. The zero-order valence-electron chi connectivity index (χ0n) is 14.7. The van der Waals surface area contributed by atoms with E-state index in [1.54, 1.807) is 12.3 Å². The zero-order valence-corrected chi connectivity index (χ0v) is 14.7. The van der Waals surface area contributed by atoms with Crippen LogP contribution in [-0.2, 0) is 14.2 Å². The lowest BCUT2D eigenvalue weighted by Gasteiger charge is -2.51. The molecular formula is C19H32O4. The maximum absolute atomic E-state index is 9.77. The second-order valence-corrected chi connectivity index (χ2v) is 8.05. The number of hydrogen-bond donors (Lipinski definition) is 1. The van der Waals surface area contributed by atoms with Crippen molar-refractivity contribution in [3.63, 3.8) is 0 Å². The molecule has 1 aliphatic carbocycles. The highest BCUT2D eigenvalue weighted by Crippen LogP contribution is 2.47. The van der Waals surface area contributed by atoms with Crippen LogP contribution < -0.4 is 0 Å². The van der Waals surface area contributed by atoms with E-state index in [0.717, 1.165) is 25.9 Å². The molecule has 0 amide bonds. The van der Waals surface area contributed by atoms with Crippen molar-refractivity contribution in [1.29, 1.82) is 0 Å². The van der Waals surface area contributed by atoms with Crippen LogP contribution in [0.2, 0.25) is 0 Å². The van der Waals surface area contributed by atoms with Crippen LogP contribution in [0, 0.1) is 17.8 Å². The van der Waals surface area contributed by atoms with Crippen molar-refractivity contribution < 1.29 is 19.3 Å². The predicted molar refractivity (Wildman–Crippen MR) is 88.8 cm³/mol. The molecule has 2 unspecified atom stereocenters. The molecule has 2 fully saturated rings. The third kappa shape index (κ3) is 3.92. The van der Waals surface area contributed by atoms with Gasteiger partial charge in [-0.1, -0.05) is 27.2 Å². The minimum absolute atomic E-state index is 0.0497. The average Bonchev–Trinajstić information content (AvgIpc) is 2.46. The maximum atomic E-state index is 9.77. The molecule has 4 heteroatoms. The molecule has 2 heterocycles. The molecule has 0 aromatic heterocycles. The van der Waals surface area contributed by atoms with Crippen LogP contribution >= 0.6 is 0 Å². The Labute approximate surface area is 140 Å². The van der Waals surface area contributed by atoms with Gasteiger partial charge in [-0.15, -0.1) is 0 Å². The van der Waals surface area contributed by atoms with Crippen molar-refractivity contribution in [2.45, 2.75) is 83.4 Å². The van der Waals surface area contributed by atoms with Crippen LogP contribution in [0.3, 0.4) is 0 Å². The van der Waals surface area contributed by atoms with Gasteiger partial charge in [-0.2, -0.15) is 0 Å². The summed E-state index contributed by atoms with van der Waals surface area (Å²) in [5.41, 5.74) is 0. The number of ether oxygens (including phenoxy) is 3. The fourth-order valence-corrected chi connectivity index (χ4v) is 4.57. The topological polar surface area (TPSA) is 47.9 Å². The van der Waals surface area contributed by atoms with Crippen molar-refractivity contribution in [2.75, 3.05) is 6.61 Å². The van der Waals surface area contributed by atoms with Gasteiger partial charge in [-0.3, -0.25) is 0 Å². The smallest absolute Gasteiger partial charge is 0.171 e. The summed E-state index contributed by atoms with van der Waals surface area (Å²) in [6, 6.07) is 0. The van der Waals surface area contributed by atoms with Crippen LogP contribution in [0.5, 0.6) is 0 Å². The first-order valence-corrected chi connectivity index (χ1v) is 9.30. The quantitative estimate of drug-likeness (QED) is 0.861. The molecule has 0 radical (unpaired) electrons. The van der Waals surface area contributed by atoms with E-state index in [-0.39, 0.29) is 18.3 Å². The summed E-state index contributed by atoms with van der Waals surface area (Å²) in [7, 11) is 0. The normalized spacial score (nSPS) is 44.5. The Morgan fingerprint density at radius 1 is 1.22 bits per heavy atom. The average molecular weight is 324 g/mol. The molecule has 0 bridgehead atoms. The molecule has 6 atom stereocenters. The Morgan fingerprint density at radius 2 is 2.04 bits per heavy atom. The van der Waals surface area contributed by atoms with Crippen molar-refractivity contribution in [3.8, 4) is 0 Å². The van der Waals surface area contributed by atoms with E-state index in [1.807, 2.05) is 0 Å². The molecule has 1 saturated carbocycles. The second-order valence-electron chi connectivity index (χ2n) is 8.05. The van der Waals surface area contributed by atoms with Gasteiger partial charge in [0.05, 0.1) is 25.1 Å². The molecule has 1 N–H and O–H groups in total. The van der Waals surface area contributed by atoms with Gasteiger partial charge in [0.1, 0.15) is 6.10 Å². The monoisotopic (exact) mass is 324 g/mol.